The minimum atomic E-state index is -1.09. The smallest absolute Gasteiger partial charge is 0.283 e. The molecule has 45 heavy (non-hydrogen) atoms. The molecule has 0 aliphatic carbocycles. The largest absolute Gasteiger partial charge is 0.495 e. The van der Waals surface area contributed by atoms with Gasteiger partial charge in [0, 0.05) is 66.7 Å². The number of amides is 1. The minimum absolute atomic E-state index is 0.296. The number of benzene rings is 2. The molecule has 4 heterocycles. The van der Waals surface area contributed by atoms with Gasteiger partial charge >= 0.3 is 0 Å². The van der Waals surface area contributed by atoms with Crippen LogP contribution in [0.25, 0.3) is 27.7 Å². The van der Waals surface area contributed by atoms with Gasteiger partial charge in [-0.25, -0.2) is 18.9 Å². The molecule has 0 radical (unpaired) electrons. The molecule has 0 bridgehead atoms. The van der Waals surface area contributed by atoms with E-state index in [-0.39, 0.29) is 0 Å². The fourth-order valence-electron chi connectivity index (χ4n) is 5.28. The summed E-state index contributed by atoms with van der Waals surface area (Å²) < 4.78 is 26.3. The molecule has 11 nitrogen and oxygen atoms in total. The van der Waals surface area contributed by atoms with Crippen LogP contribution in [0.4, 0.5) is 27.3 Å². The number of pyridine rings is 2. The third kappa shape index (κ3) is 5.79. The van der Waals surface area contributed by atoms with Crippen molar-refractivity contribution in [3.05, 3.63) is 71.4 Å². The lowest BCUT2D eigenvalue weighted by Crippen LogP contribution is -2.44. The van der Waals surface area contributed by atoms with Crippen molar-refractivity contribution in [1.82, 2.24) is 24.5 Å². The highest BCUT2D eigenvalue weighted by Gasteiger charge is 2.23. The van der Waals surface area contributed by atoms with E-state index in [0.717, 1.165) is 37.3 Å². The maximum absolute atomic E-state index is 13.7. The number of anilines is 4. The van der Waals surface area contributed by atoms with Gasteiger partial charge in [0.2, 0.25) is 0 Å². The maximum Gasteiger partial charge on any atom is 0.283 e. The number of carbonyl (C=O) groups is 1. The Morgan fingerprint density at radius 3 is 2.36 bits per heavy atom. The molecule has 5 aromatic rings. The van der Waals surface area contributed by atoms with E-state index in [1.807, 2.05) is 24.3 Å². The first-order valence-corrected chi connectivity index (χ1v) is 14.7. The van der Waals surface area contributed by atoms with E-state index in [1.165, 1.54) is 20.5 Å². The summed E-state index contributed by atoms with van der Waals surface area (Å²) in [5.74, 6) is -0.785. The van der Waals surface area contributed by atoms with Gasteiger partial charge in [0.1, 0.15) is 23.6 Å². The van der Waals surface area contributed by atoms with Crippen molar-refractivity contribution in [2.45, 2.75) is 0 Å². The van der Waals surface area contributed by atoms with Crippen LogP contribution in [-0.2, 0) is 4.79 Å². The van der Waals surface area contributed by atoms with Crippen molar-refractivity contribution in [3.63, 3.8) is 0 Å². The van der Waals surface area contributed by atoms with Crippen LogP contribution in [0, 0.1) is 0 Å². The van der Waals surface area contributed by atoms with Crippen molar-refractivity contribution < 1.29 is 18.7 Å². The van der Waals surface area contributed by atoms with Gasteiger partial charge in [0.05, 0.1) is 41.2 Å². The van der Waals surface area contributed by atoms with E-state index in [0.29, 0.717) is 61.0 Å². The number of hydrogen-bond acceptors (Lipinski definition) is 9. The minimum Gasteiger partial charge on any atom is -0.495 e. The van der Waals surface area contributed by atoms with Crippen molar-refractivity contribution in [3.8, 4) is 22.6 Å². The molecule has 3 aromatic heterocycles. The average Bonchev–Trinajstić information content (AvgIpc) is 3.53. The van der Waals surface area contributed by atoms with Gasteiger partial charge in [-0.2, -0.15) is 5.10 Å². The van der Waals surface area contributed by atoms with Crippen LogP contribution in [0.15, 0.2) is 61.3 Å². The summed E-state index contributed by atoms with van der Waals surface area (Å²) in [4.78, 5) is 25.9. The van der Waals surface area contributed by atoms with Crippen molar-refractivity contribution >= 4 is 68.5 Å². The van der Waals surface area contributed by atoms with Gasteiger partial charge in [0.25, 0.3) is 5.91 Å². The fraction of sp³-hybridized carbons (Fsp3) is 0.226. The number of rotatable bonds is 8. The van der Waals surface area contributed by atoms with Crippen LogP contribution < -0.4 is 25.0 Å². The van der Waals surface area contributed by atoms with Crippen LogP contribution in [-0.4, -0.2) is 77.8 Å². The molecule has 1 aliphatic rings. The number of ether oxygens (including phenoxy) is 2. The van der Waals surface area contributed by atoms with Gasteiger partial charge in [-0.3, -0.25) is 4.79 Å². The summed E-state index contributed by atoms with van der Waals surface area (Å²) in [5.41, 5.74) is 4.06. The molecule has 0 unspecified atom stereocenters. The summed E-state index contributed by atoms with van der Waals surface area (Å²) >= 11 is 13.5. The Bertz CT molecular complexity index is 1930. The summed E-state index contributed by atoms with van der Waals surface area (Å²) in [6.45, 7) is 6.60. The van der Waals surface area contributed by atoms with E-state index in [1.54, 1.807) is 22.8 Å². The maximum atomic E-state index is 13.7. The van der Waals surface area contributed by atoms with Gasteiger partial charge in [-0.1, -0.05) is 29.8 Å². The quantitative estimate of drug-likeness (QED) is 0.190. The van der Waals surface area contributed by atoms with E-state index in [9.17, 15) is 9.18 Å². The SMILES string of the molecule is C=C(F)C(=O)Nc1cc(N2CCN(C)CC2)ccc1Nc1cc2c(cn1)cc(-c1c(Cl)c(OC)cc(OC)c1Cl)c1ncnn12. The molecule has 0 saturated carbocycles. The Balaban J connectivity index is 1.41. The molecule has 2 aromatic carbocycles. The zero-order valence-electron chi connectivity index (χ0n) is 24.7. The van der Waals surface area contributed by atoms with E-state index >= 15 is 0 Å². The van der Waals surface area contributed by atoms with E-state index in [4.69, 9.17) is 32.7 Å². The fourth-order valence-corrected chi connectivity index (χ4v) is 5.98. The summed E-state index contributed by atoms with van der Waals surface area (Å²) in [6, 6.07) is 10.9. The van der Waals surface area contributed by atoms with Crippen LogP contribution in [0.2, 0.25) is 10.0 Å². The molecule has 14 heteroatoms. The highest BCUT2D eigenvalue weighted by Crippen LogP contribution is 2.47. The number of nitrogens with zero attached hydrogens (tertiary/aromatic N) is 6. The molecular weight excluding hydrogens is 622 g/mol. The Kier molecular flexibility index (Phi) is 8.36. The lowest BCUT2D eigenvalue weighted by Gasteiger charge is -2.34. The van der Waals surface area contributed by atoms with Crippen LogP contribution in [0.1, 0.15) is 0 Å². The Morgan fingerprint density at radius 1 is 0.978 bits per heavy atom. The molecule has 0 atom stereocenters. The normalized spacial score (nSPS) is 13.7. The number of piperazine rings is 1. The number of methoxy groups -OCH3 is 2. The van der Waals surface area contributed by atoms with Crippen LogP contribution in [0.3, 0.4) is 0 Å². The summed E-state index contributed by atoms with van der Waals surface area (Å²) in [7, 11) is 5.09. The Hall–Kier alpha value is -4.65. The first kappa shape index (κ1) is 30.4. The standard InChI is InChI=1S/C31H29Cl2FN8O3/c1-17(34)31(43)39-22-12-19(41-9-7-40(2)8-10-41)5-6-21(22)38-26-13-23-18(15-35-26)11-20(30-36-16-37-42(23)30)27-28(32)24(44-3)14-25(45-4)29(27)33/h5-6,11-16H,1,7-10H2,2-4H3,(H,35,38)(H,39,43). The summed E-state index contributed by atoms with van der Waals surface area (Å²) in [6.07, 6.45) is 3.10. The van der Waals surface area contributed by atoms with Crippen molar-refractivity contribution in [2.24, 2.45) is 0 Å². The number of hydrogen-bond donors (Lipinski definition) is 2. The lowest BCUT2D eigenvalue weighted by molar-refractivity contribution is -0.114. The Morgan fingerprint density at radius 2 is 1.69 bits per heavy atom. The topological polar surface area (TPSA) is 109 Å². The zero-order chi connectivity index (χ0) is 31.8. The zero-order valence-corrected chi connectivity index (χ0v) is 26.2. The van der Waals surface area contributed by atoms with E-state index < -0.39 is 11.7 Å². The third-order valence-electron chi connectivity index (χ3n) is 7.70. The van der Waals surface area contributed by atoms with Gasteiger partial charge in [-0.05, 0) is 31.3 Å². The van der Waals surface area contributed by atoms with Gasteiger partial charge in [-0.15, -0.1) is 0 Å². The number of fused-ring (bicyclic) bond motifs is 3. The molecule has 0 spiro atoms. The van der Waals surface area contributed by atoms with Crippen LogP contribution in [0.5, 0.6) is 11.5 Å². The third-order valence-corrected chi connectivity index (χ3v) is 8.45. The van der Waals surface area contributed by atoms with Crippen LogP contribution >= 0.6 is 23.2 Å². The second-order valence-electron chi connectivity index (χ2n) is 10.5. The molecular formula is C31H29Cl2FN8O3. The van der Waals surface area contributed by atoms with Crippen molar-refractivity contribution in [2.75, 3.05) is 63.0 Å². The first-order chi connectivity index (χ1) is 21.7. The lowest BCUT2D eigenvalue weighted by atomic mass is 10.0. The average molecular weight is 652 g/mol. The number of nitrogens with one attached hydrogen (secondary N) is 2. The molecule has 232 valence electrons. The van der Waals surface area contributed by atoms with E-state index in [2.05, 4.69) is 49.1 Å². The second-order valence-corrected chi connectivity index (χ2v) is 11.2. The van der Waals surface area contributed by atoms with Gasteiger partial charge in [0.15, 0.2) is 11.5 Å². The highest BCUT2D eigenvalue weighted by atomic mass is 35.5. The molecule has 6 rings (SSSR count). The monoisotopic (exact) mass is 650 g/mol. The molecule has 2 N–H and O–H groups in total. The van der Waals surface area contributed by atoms with Crippen molar-refractivity contribution in [1.29, 1.82) is 0 Å². The number of likely N-dealkylation sites (N-methyl/N-ethyl adjacent to an activating group) is 1. The molecule has 1 saturated heterocycles. The predicted octanol–water partition coefficient (Wildman–Crippen LogP) is 6.19. The molecule has 1 amide bonds. The molecule has 1 aliphatic heterocycles. The summed E-state index contributed by atoms with van der Waals surface area (Å²) in [5, 5.41) is 11.6. The first-order valence-electron chi connectivity index (χ1n) is 13.9. The number of aromatic nitrogens is 4. The number of carbonyl (C=O) groups excluding carboxylic acids is 1. The number of halogens is 3. The predicted molar refractivity (Wildman–Crippen MR) is 175 cm³/mol. The highest BCUT2D eigenvalue weighted by molar-refractivity contribution is 6.41. The second kappa shape index (κ2) is 12.4. The van der Waals surface area contributed by atoms with Gasteiger partial charge < -0.3 is 29.9 Å². The Labute approximate surface area is 268 Å². The molecule has 1 fully saturated rings.